The number of nitrogens with zero attached hydrogens (tertiary/aromatic N) is 4. The summed E-state index contributed by atoms with van der Waals surface area (Å²) in [5, 5.41) is 0.705. The molecule has 0 fully saturated rings. The van der Waals surface area contributed by atoms with Gasteiger partial charge in [-0.3, -0.25) is 14.0 Å². The Balaban J connectivity index is 2.16. The number of ether oxygens (including phenoxy) is 1. The molecule has 0 unspecified atom stereocenters. The van der Waals surface area contributed by atoms with Crippen LogP contribution in [0, 0.1) is 6.92 Å². The maximum atomic E-state index is 13.4. The molecule has 0 spiro atoms. The van der Waals surface area contributed by atoms with Gasteiger partial charge in [0.15, 0.2) is 5.49 Å². The molecule has 3 heterocycles. The van der Waals surface area contributed by atoms with Crippen LogP contribution in [0.15, 0.2) is 58.4 Å². The van der Waals surface area contributed by atoms with Gasteiger partial charge in [0.1, 0.15) is 16.9 Å². The van der Waals surface area contributed by atoms with Gasteiger partial charge in [-0.2, -0.15) is 4.99 Å². The van der Waals surface area contributed by atoms with Gasteiger partial charge >= 0.3 is 5.97 Å². The molecule has 3 aromatic heterocycles. The molecular formula is C25H23ClN4O4. The van der Waals surface area contributed by atoms with Crippen LogP contribution in [-0.2, 0) is 4.74 Å². The van der Waals surface area contributed by atoms with Crippen molar-refractivity contribution in [2.45, 2.75) is 33.7 Å². The third kappa shape index (κ3) is 4.12. The Morgan fingerprint density at radius 1 is 1.15 bits per heavy atom. The second-order valence-electron chi connectivity index (χ2n) is 8.03. The summed E-state index contributed by atoms with van der Waals surface area (Å²) in [5.74, 6) is -1.25. The van der Waals surface area contributed by atoms with Crippen molar-refractivity contribution in [3.8, 4) is 0 Å². The van der Waals surface area contributed by atoms with Gasteiger partial charge in [-0.15, -0.1) is 0 Å². The smallest absolute Gasteiger partial charge is 0.341 e. The van der Waals surface area contributed by atoms with Crippen LogP contribution < -0.4 is 11.0 Å². The van der Waals surface area contributed by atoms with E-state index in [1.165, 1.54) is 10.5 Å². The molecule has 9 heteroatoms. The molecule has 0 radical (unpaired) electrons. The van der Waals surface area contributed by atoms with E-state index in [0.29, 0.717) is 21.9 Å². The highest BCUT2D eigenvalue weighted by Gasteiger charge is 2.21. The second-order valence-corrected chi connectivity index (χ2v) is 8.47. The standard InChI is InChI=1S/C25H23ClN4O4/c1-5-34-25(33)19-13-18-21(27-20-15(4)7-6-12-29(20)24(18)32)30(14(2)3)22(19)28-23(31)16-8-10-17(26)11-9-16/h6-14H,5H2,1-4H3. The minimum absolute atomic E-state index is 0.0110. The first kappa shape index (κ1) is 23.4. The van der Waals surface area contributed by atoms with Gasteiger partial charge in [0.2, 0.25) is 0 Å². The lowest BCUT2D eigenvalue weighted by Gasteiger charge is -2.18. The summed E-state index contributed by atoms with van der Waals surface area (Å²) in [6.07, 6.45) is 1.63. The van der Waals surface area contributed by atoms with Crippen LogP contribution in [0.3, 0.4) is 0 Å². The van der Waals surface area contributed by atoms with E-state index in [0.717, 1.165) is 5.56 Å². The van der Waals surface area contributed by atoms with E-state index in [-0.39, 0.29) is 34.6 Å². The van der Waals surface area contributed by atoms with Gasteiger partial charge in [-0.1, -0.05) is 17.7 Å². The van der Waals surface area contributed by atoms with E-state index in [1.807, 2.05) is 26.8 Å². The first-order chi connectivity index (χ1) is 16.2. The highest BCUT2D eigenvalue weighted by molar-refractivity contribution is 6.30. The average Bonchev–Trinajstić information content (AvgIpc) is 2.80. The number of hydrogen-bond acceptors (Lipinski definition) is 5. The minimum Gasteiger partial charge on any atom is -0.462 e. The Hall–Kier alpha value is -3.78. The van der Waals surface area contributed by atoms with Gasteiger partial charge in [-0.25, -0.2) is 9.78 Å². The van der Waals surface area contributed by atoms with Crippen LogP contribution in [0.5, 0.6) is 0 Å². The summed E-state index contributed by atoms with van der Waals surface area (Å²) in [4.78, 5) is 48.4. The number of carbonyl (C=O) groups is 2. The maximum absolute atomic E-state index is 13.4. The molecule has 4 aromatic rings. The fourth-order valence-corrected chi connectivity index (χ4v) is 3.89. The third-order valence-corrected chi connectivity index (χ3v) is 5.61. The number of esters is 1. The Morgan fingerprint density at radius 2 is 1.85 bits per heavy atom. The maximum Gasteiger partial charge on any atom is 0.341 e. The summed E-state index contributed by atoms with van der Waals surface area (Å²) in [5.41, 5.74) is 1.67. The van der Waals surface area contributed by atoms with E-state index < -0.39 is 11.9 Å². The van der Waals surface area contributed by atoms with E-state index in [9.17, 15) is 14.4 Å². The quantitative estimate of drug-likeness (QED) is 0.325. The lowest BCUT2D eigenvalue weighted by atomic mass is 10.1. The number of aromatic nitrogens is 3. The van der Waals surface area contributed by atoms with Crippen molar-refractivity contribution in [1.29, 1.82) is 0 Å². The van der Waals surface area contributed by atoms with Crippen molar-refractivity contribution in [3.63, 3.8) is 0 Å². The molecule has 174 valence electrons. The van der Waals surface area contributed by atoms with Crippen LogP contribution >= 0.6 is 11.6 Å². The first-order valence-electron chi connectivity index (χ1n) is 10.8. The molecule has 0 atom stereocenters. The number of hydrogen-bond donors (Lipinski definition) is 0. The van der Waals surface area contributed by atoms with Crippen LogP contribution in [0.4, 0.5) is 0 Å². The van der Waals surface area contributed by atoms with E-state index >= 15 is 0 Å². The molecule has 1 amide bonds. The molecule has 0 saturated heterocycles. The summed E-state index contributed by atoms with van der Waals surface area (Å²) >= 11 is 5.94. The van der Waals surface area contributed by atoms with E-state index in [1.54, 1.807) is 48.0 Å². The van der Waals surface area contributed by atoms with Gasteiger partial charge in [0.05, 0.1) is 12.0 Å². The summed E-state index contributed by atoms with van der Waals surface area (Å²) in [6, 6.07) is 11.0. The number of aryl methyl sites for hydroxylation is 1. The van der Waals surface area contributed by atoms with Gasteiger partial charge in [0, 0.05) is 22.8 Å². The molecule has 0 N–H and O–H groups in total. The fraction of sp³-hybridized carbons (Fsp3) is 0.240. The summed E-state index contributed by atoms with van der Waals surface area (Å²) in [7, 11) is 0. The molecule has 4 rings (SSSR count). The number of amides is 1. The number of rotatable bonds is 4. The van der Waals surface area contributed by atoms with Crippen molar-refractivity contribution < 1.29 is 14.3 Å². The molecule has 34 heavy (non-hydrogen) atoms. The zero-order valence-electron chi connectivity index (χ0n) is 19.2. The lowest BCUT2D eigenvalue weighted by Crippen LogP contribution is -2.33. The Bertz CT molecular complexity index is 1570. The fourth-order valence-electron chi connectivity index (χ4n) is 3.76. The van der Waals surface area contributed by atoms with Crippen LogP contribution in [0.2, 0.25) is 5.02 Å². The molecule has 0 aliphatic rings. The largest absolute Gasteiger partial charge is 0.462 e. The monoisotopic (exact) mass is 478 g/mol. The molecule has 0 saturated carbocycles. The predicted molar refractivity (Wildman–Crippen MR) is 129 cm³/mol. The number of fused-ring (bicyclic) bond motifs is 2. The second kappa shape index (κ2) is 9.23. The topological polar surface area (TPSA) is 95.0 Å². The van der Waals surface area contributed by atoms with Crippen molar-refractivity contribution >= 4 is 40.2 Å². The van der Waals surface area contributed by atoms with Gasteiger partial charge in [-0.05, 0) is 69.7 Å². The molecule has 0 aliphatic carbocycles. The average molecular weight is 479 g/mol. The van der Waals surface area contributed by atoms with Crippen molar-refractivity contribution in [1.82, 2.24) is 14.0 Å². The summed E-state index contributed by atoms with van der Waals surface area (Å²) < 4.78 is 8.30. The number of halogens is 1. The van der Waals surface area contributed by atoms with Crippen LogP contribution in [-0.4, -0.2) is 32.4 Å². The zero-order valence-corrected chi connectivity index (χ0v) is 20.0. The number of carbonyl (C=O) groups excluding carboxylic acids is 2. The zero-order chi connectivity index (χ0) is 24.6. The van der Waals surface area contributed by atoms with Gasteiger partial charge in [0.25, 0.3) is 11.5 Å². The van der Waals surface area contributed by atoms with Crippen molar-refractivity contribution in [2.24, 2.45) is 4.99 Å². The van der Waals surface area contributed by atoms with Crippen molar-refractivity contribution in [3.05, 3.63) is 86.2 Å². The number of pyridine rings is 2. The first-order valence-corrected chi connectivity index (χ1v) is 11.2. The van der Waals surface area contributed by atoms with Crippen molar-refractivity contribution in [2.75, 3.05) is 6.61 Å². The molecule has 0 aliphatic heterocycles. The van der Waals surface area contributed by atoms with E-state index in [4.69, 9.17) is 21.3 Å². The van der Waals surface area contributed by atoms with Gasteiger partial charge < -0.3 is 9.30 Å². The highest BCUT2D eigenvalue weighted by atomic mass is 35.5. The van der Waals surface area contributed by atoms with Crippen LogP contribution in [0.25, 0.3) is 16.7 Å². The minimum atomic E-state index is -0.685. The molecule has 0 bridgehead atoms. The Kier molecular flexibility index (Phi) is 6.34. The number of benzene rings is 1. The van der Waals surface area contributed by atoms with Crippen LogP contribution in [0.1, 0.15) is 53.1 Å². The Morgan fingerprint density at radius 3 is 2.50 bits per heavy atom. The third-order valence-electron chi connectivity index (χ3n) is 5.36. The van der Waals surface area contributed by atoms with E-state index in [2.05, 4.69) is 4.99 Å². The lowest BCUT2D eigenvalue weighted by molar-refractivity contribution is 0.0523. The highest BCUT2D eigenvalue weighted by Crippen LogP contribution is 2.17. The Labute approximate surface area is 200 Å². The molecular weight excluding hydrogens is 456 g/mol. The molecule has 1 aromatic carbocycles. The predicted octanol–water partition coefficient (Wildman–Crippen LogP) is 4.11. The normalized spacial score (nSPS) is 12.0. The molecule has 8 nitrogen and oxygen atoms in total. The summed E-state index contributed by atoms with van der Waals surface area (Å²) in [6.45, 7) is 7.38. The SMILES string of the molecule is CCOC(=O)c1cc2c(=O)n3cccc(C)c3nc2n(C(C)C)c1=NC(=O)c1ccc(Cl)cc1.